The Hall–Kier alpha value is -1.43. The van der Waals surface area contributed by atoms with Gasteiger partial charge in [0.05, 0.1) is 38.9 Å². The average molecular weight is 253 g/mol. The maximum Gasteiger partial charge on any atom is 0.305 e. The number of rotatable bonds is 9. The van der Waals surface area contributed by atoms with Gasteiger partial charge >= 0.3 is 5.97 Å². The van der Waals surface area contributed by atoms with Gasteiger partial charge in [-0.25, -0.2) is 0 Å². The van der Waals surface area contributed by atoms with Gasteiger partial charge in [0.15, 0.2) is 0 Å². The smallest absolute Gasteiger partial charge is 0.305 e. The van der Waals surface area contributed by atoms with E-state index in [1.54, 1.807) is 0 Å². The zero-order valence-corrected chi connectivity index (χ0v) is 10.2. The molecular weight excluding hydrogens is 234 g/mol. The van der Waals surface area contributed by atoms with E-state index in [2.05, 4.69) is 0 Å². The van der Waals surface area contributed by atoms with E-state index in [4.69, 9.17) is 20.3 Å². The molecule has 0 aliphatic carbocycles. The molecule has 0 unspecified atom stereocenters. The van der Waals surface area contributed by atoms with Crippen LogP contribution in [0.15, 0.2) is 30.3 Å². The molecule has 5 nitrogen and oxygen atoms in total. The molecule has 100 valence electrons. The van der Waals surface area contributed by atoms with Gasteiger partial charge in [-0.05, 0) is 5.56 Å². The van der Waals surface area contributed by atoms with Crippen LogP contribution in [0, 0.1) is 0 Å². The molecule has 5 heteroatoms. The number of aliphatic carboxylic acids is 1. The number of benzene rings is 1. The highest BCUT2D eigenvalue weighted by Gasteiger charge is 2.04. The second-order valence-electron chi connectivity index (χ2n) is 3.98. The lowest BCUT2D eigenvalue weighted by atomic mass is 10.2. The van der Waals surface area contributed by atoms with E-state index in [9.17, 15) is 4.79 Å². The molecule has 0 aliphatic heterocycles. The third-order valence-corrected chi connectivity index (χ3v) is 2.24. The second-order valence-corrected chi connectivity index (χ2v) is 3.98. The van der Waals surface area contributed by atoms with Gasteiger partial charge in [-0.1, -0.05) is 30.3 Å². The summed E-state index contributed by atoms with van der Waals surface area (Å²) >= 11 is 0. The Morgan fingerprint density at radius 1 is 1.22 bits per heavy atom. The third-order valence-electron chi connectivity index (χ3n) is 2.24. The summed E-state index contributed by atoms with van der Waals surface area (Å²) in [7, 11) is 0. The van der Waals surface area contributed by atoms with Crippen LogP contribution in [0.2, 0.25) is 0 Å². The molecule has 0 amide bonds. The summed E-state index contributed by atoms with van der Waals surface area (Å²) < 4.78 is 10.6. The molecule has 0 heterocycles. The van der Waals surface area contributed by atoms with Crippen molar-refractivity contribution in [1.29, 1.82) is 0 Å². The molecule has 0 saturated carbocycles. The molecular formula is C13H19NO4. The third kappa shape index (κ3) is 7.01. The summed E-state index contributed by atoms with van der Waals surface area (Å²) in [4.78, 5) is 10.2. The number of nitrogens with two attached hydrogens (primary N) is 1. The van der Waals surface area contributed by atoms with Crippen molar-refractivity contribution in [3.8, 4) is 0 Å². The van der Waals surface area contributed by atoms with Gasteiger partial charge in [0.2, 0.25) is 0 Å². The maximum absolute atomic E-state index is 10.2. The van der Waals surface area contributed by atoms with Gasteiger partial charge in [0.1, 0.15) is 0 Å². The van der Waals surface area contributed by atoms with Crippen molar-refractivity contribution in [3.05, 3.63) is 35.9 Å². The molecule has 0 bridgehead atoms. The lowest BCUT2D eigenvalue weighted by Gasteiger charge is -2.12. The van der Waals surface area contributed by atoms with Gasteiger partial charge in [-0.15, -0.1) is 0 Å². The van der Waals surface area contributed by atoms with Crippen molar-refractivity contribution in [2.75, 3.05) is 19.8 Å². The van der Waals surface area contributed by atoms with Crippen LogP contribution in [-0.4, -0.2) is 36.9 Å². The Balaban J connectivity index is 2.03. The minimum absolute atomic E-state index is 0.00239. The molecule has 18 heavy (non-hydrogen) atoms. The highest BCUT2D eigenvalue weighted by atomic mass is 16.5. The first-order chi connectivity index (χ1) is 8.68. The number of carboxylic acids is 1. The molecule has 1 aromatic carbocycles. The summed E-state index contributed by atoms with van der Waals surface area (Å²) in [6, 6.07) is 9.58. The standard InChI is InChI=1S/C13H19NO4/c14-12(9-17-7-6-13(15)16)10-18-8-11-4-2-1-3-5-11/h1-5,12H,6-10,14H2,(H,15,16)/t12-/m0/s1. The monoisotopic (exact) mass is 253 g/mol. The molecule has 0 spiro atoms. The van der Waals surface area contributed by atoms with Crippen LogP contribution in [0.1, 0.15) is 12.0 Å². The number of hydrogen-bond acceptors (Lipinski definition) is 4. The Bertz CT molecular complexity index is 342. The van der Waals surface area contributed by atoms with Crippen molar-refractivity contribution in [1.82, 2.24) is 0 Å². The summed E-state index contributed by atoms with van der Waals surface area (Å²) in [5, 5.41) is 8.41. The first-order valence-electron chi connectivity index (χ1n) is 5.85. The number of hydrogen-bond donors (Lipinski definition) is 2. The fourth-order valence-electron chi connectivity index (χ4n) is 1.34. The SMILES string of the molecule is N[C@@H](COCCC(=O)O)COCc1ccccc1. The van der Waals surface area contributed by atoms with Gasteiger partial charge in [0, 0.05) is 0 Å². The predicted octanol–water partition coefficient (Wildman–Crippen LogP) is 1.02. The van der Waals surface area contributed by atoms with Crippen LogP contribution in [0.4, 0.5) is 0 Å². The normalized spacial score (nSPS) is 12.3. The van der Waals surface area contributed by atoms with Crippen molar-refractivity contribution in [2.24, 2.45) is 5.73 Å². The van der Waals surface area contributed by atoms with Gasteiger partial charge in [-0.3, -0.25) is 4.79 Å². The molecule has 1 rings (SSSR count). The van der Waals surface area contributed by atoms with Crippen molar-refractivity contribution in [3.63, 3.8) is 0 Å². The van der Waals surface area contributed by atoms with E-state index in [0.717, 1.165) is 5.56 Å². The second kappa shape index (κ2) is 8.63. The molecule has 3 N–H and O–H groups in total. The Morgan fingerprint density at radius 2 is 1.89 bits per heavy atom. The number of carbonyl (C=O) groups is 1. The molecule has 0 aliphatic rings. The van der Waals surface area contributed by atoms with E-state index in [-0.39, 0.29) is 19.1 Å². The Kier molecular flexibility index (Phi) is 7.01. The van der Waals surface area contributed by atoms with Gasteiger partial charge < -0.3 is 20.3 Å². The summed E-state index contributed by atoms with van der Waals surface area (Å²) in [5.41, 5.74) is 6.85. The molecule has 0 aromatic heterocycles. The summed E-state index contributed by atoms with van der Waals surface area (Å²) in [6.45, 7) is 1.40. The van der Waals surface area contributed by atoms with E-state index in [1.165, 1.54) is 0 Å². The van der Waals surface area contributed by atoms with Crippen LogP contribution in [-0.2, 0) is 20.9 Å². The van der Waals surface area contributed by atoms with Crippen LogP contribution < -0.4 is 5.73 Å². The maximum atomic E-state index is 10.2. The highest BCUT2D eigenvalue weighted by molar-refractivity contribution is 5.66. The molecule has 1 atom stereocenters. The quantitative estimate of drug-likeness (QED) is 0.642. The first-order valence-corrected chi connectivity index (χ1v) is 5.85. The van der Waals surface area contributed by atoms with E-state index < -0.39 is 5.97 Å². The largest absolute Gasteiger partial charge is 0.481 e. The van der Waals surface area contributed by atoms with Gasteiger partial charge in [0.25, 0.3) is 0 Å². The van der Waals surface area contributed by atoms with E-state index in [1.807, 2.05) is 30.3 Å². The van der Waals surface area contributed by atoms with Crippen LogP contribution >= 0.6 is 0 Å². The fourth-order valence-corrected chi connectivity index (χ4v) is 1.34. The molecule has 1 aromatic rings. The average Bonchev–Trinajstić information content (AvgIpc) is 2.36. The number of ether oxygens (including phenoxy) is 2. The summed E-state index contributed by atoms with van der Waals surface area (Å²) in [6.07, 6.45) is -0.00239. The van der Waals surface area contributed by atoms with Crippen molar-refractivity contribution in [2.45, 2.75) is 19.1 Å². The zero-order chi connectivity index (χ0) is 13.2. The van der Waals surface area contributed by atoms with Crippen LogP contribution in [0.25, 0.3) is 0 Å². The first kappa shape index (κ1) is 14.6. The highest BCUT2D eigenvalue weighted by Crippen LogP contribution is 2.00. The minimum Gasteiger partial charge on any atom is -0.481 e. The van der Waals surface area contributed by atoms with Gasteiger partial charge in [-0.2, -0.15) is 0 Å². The molecule has 0 saturated heterocycles. The molecule has 0 fully saturated rings. The van der Waals surface area contributed by atoms with Crippen molar-refractivity contribution >= 4 is 5.97 Å². The zero-order valence-electron chi connectivity index (χ0n) is 10.2. The Labute approximate surface area is 107 Å². The lowest BCUT2D eigenvalue weighted by Crippen LogP contribution is -2.31. The predicted molar refractivity (Wildman–Crippen MR) is 67.1 cm³/mol. The number of carboxylic acid groups (broad SMARTS) is 1. The lowest BCUT2D eigenvalue weighted by molar-refractivity contribution is -0.138. The molecule has 0 radical (unpaired) electrons. The summed E-state index contributed by atoms with van der Waals surface area (Å²) in [5.74, 6) is -0.871. The topological polar surface area (TPSA) is 81.8 Å². The minimum atomic E-state index is -0.871. The van der Waals surface area contributed by atoms with E-state index >= 15 is 0 Å². The van der Waals surface area contributed by atoms with Crippen LogP contribution in [0.3, 0.4) is 0 Å². The van der Waals surface area contributed by atoms with Crippen molar-refractivity contribution < 1.29 is 19.4 Å². The van der Waals surface area contributed by atoms with Crippen LogP contribution in [0.5, 0.6) is 0 Å². The Morgan fingerprint density at radius 3 is 2.56 bits per heavy atom. The fraction of sp³-hybridized carbons (Fsp3) is 0.462. The van der Waals surface area contributed by atoms with E-state index in [0.29, 0.717) is 19.8 Å².